The van der Waals surface area contributed by atoms with Crippen molar-refractivity contribution in [3.8, 4) is 0 Å². The predicted molar refractivity (Wildman–Crippen MR) is 90.3 cm³/mol. The van der Waals surface area contributed by atoms with Gasteiger partial charge in [-0.15, -0.1) is 11.8 Å². The van der Waals surface area contributed by atoms with Crippen molar-refractivity contribution < 1.29 is 33.4 Å². The van der Waals surface area contributed by atoms with Crippen LogP contribution in [0.5, 0.6) is 0 Å². The lowest BCUT2D eigenvalue weighted by atomic mass is 10.5. The van der Waals surface area contributed by atoms with Crippen molar-refractivity contribution in [1.82, 2.24) is 9.97 Å². The molecule has 0 bridgehead atoms. The Morgan fingerprint density at radius 1 is 1.00 bits per heavy atom. The van der Waals surface area contributed by atoms with Crippen LogP contribution in [0, 0.1) is 6.92 Å². The van der Waals surface area contributed by atoms with Crippen LogP contribution in [-0.4, -0.2) is 59.4 Å². The number of anilines is 1. The van der Waals surface area contributed by atoms with Gasteiger partial charge in [0.05, 0.1) is 13.2 Å². The van der Waals surface area contributed by atoms with Gasteiger partial charge in [-0.3, -0.25) is 4.79 Å². The summed E-state index contributed by atoms with van der Waals surface area (Å²) >= 11 is 1.21. The monoisotopic (exact) mass is 385 g/mol. The summed E-state index contributed by atoms with van der Waals surface area (Å²) in [6.07, 6.45) is 0. The number of aromatic nitrogens is 2. The first-order valence-corrected chi connectivity index (χ1v) is 8.66. The fourth-order valence-corrected chi connectivity index (χ4v) is 2.34. The molecule has 1 aromatic heterocycles. The molecular weight excluding hydrogens is 366 g/mol. The zero-order valence-electron chi connectivity index (χ0n) is 14.6. The molecule has 11 heteroatoms. The molecule has 1 aromatic rings. The van der Waals surface area contributed by atoms with E-state index < -0.39 is 23.8 Å². The Morgan fingerprint density at radius 2 is 1.62 bits per heavy atom. The molecule has 10 nitrogen and oxygen atoms in total. The van der Waals surface area contributed by atoms with E-state index in [0.29, 0.717) is 16.6 Å². The van der Waals surface area contributed by atoms with Crippen molar-refractivity contribution in [2.75, 3.05) is 30.9 Å². The smallest absolute Gasteiger partial charge is 0.417 e. The molecule has 0 aromatic carbocycles. The van der Waals surface area contributed by atoms with Crippen LogP contribution in [-0.2, 0) is 33.4 Å². The van der Waals surface area contributed by atoms with Crippen LogP contribution in [0.1, 0.15) is 19.7 Å². The van der Waals surface area contributed by atoms with E-state index in [9.17, 15) is 19.2 Å². The lowest BCUT2D eigenvalue weighted by molar-refractivity contribution is -0.167. The summed E-state index contributed by atoms with van der Waals surface area (Å²) in [5.41, 5.74) is 0. The Balaban J connectivity index is 2.54. The minimum Gasteiger partial charge on any atom is -0.459 e. The maximum absolute atomic E-state index is 11.6. The van der Waals surface area contributed by atoms with Crippen molar-refractivity contribution in [2.45, 2.75) is 25.8 Å². The van der Waals surface area contributed by atoms with Gasteiger partial charge in [0, 0.05) is 11.8 Å². The largest absolute Gasteiger partial charge is 0.459 e. The average molecular weight is 385 g/mol. The third-order valence-corrected chi connectivity index (χ3v) is 3.40. The molecule has 142 valence electrons. The van der Waals surface area contributed by atoms with Gasteiger partial charge < -0.3 is 19.5 Å². The molecule has 0 spiro atoms. The van der Waals surface area contributed by atoms with Crippen molar-refractivity contribution in [2.24, 2.45) is 0 Å². The average Bonchev–Trinajstić information content (AvgIpc) is 2.58. The second kappa shape index (κ2) is 11.0. The van der Waals surface area contributed by atoms with Gasteiger partial charge in [0.15, 0.2) is 0 Å². The van der Waals surface area contributed by atoms with Gasteiger partial charge in [-0.25, -0.2) is 24.4 Å². The third kappa shape index (κ3) is 7.47. The Hall–Kier alpha value is -2.69. The van der Waals surface area contributed by atoms with Crippen LogP contribution in [0.2, 0.25) is 0 Å². The van der Waals surface area contributed by atoms with Crippen LogP contribution < -0.4 is 5.32 Å². The molecule has 0 radical (unpaired) electrons. The van der Waals surface area contributed by atoms with Crippen LogP contribution in [0.4, 0.5) is 5.82 Å². The molecule has 0 atom stereocenters. The van der Waals surface area contributed by atoms with E-state index in [2.05, 4.69) is 24.8 Å². The van der Waals surface area contributed by atoms with E-state index in [1.807, 2.05) is 0 Å². The van der Waals surface area contributed by atoms with Crippen molar-refractivity contribution in [3.63, 3.8) is 0 Å². The van der Waals surface area contributed by atoms with Gasteiger partial charge in [-0.05, 0) is 20.8 Å². The Kier molecular flexibility index (Phi) is 9.06. The highest BCUT2D eigenvalue weighted by Gasteiger charge is 2.17. The summed E-state index contributed by atoms with van der Waals surface area (Å²) in [5, 5.41) is 2.81. The number of nitrogens with zero attached hydrogens (tertiary/aromatic N) is 2. The zero-order valence-corrected chi connectivity index (χ0v) is 15.4. The highest BCUT2D eigenvalue weighted by Crippen LogP contribution is 2.18. The highest BCUT2D eigenvalue weighted by atomic mass is 32.2. The molecule has 1 heterocycles. The number of carbonyl (C=O) groups is 4. The lowest BCUT2D eigenvalue weighted by Gasteiger charge is -2.07. The Bertz CT molecular complexity index is 681. The molecule has 1 N–H and O–H groups in total. The summed E-state index contributed by atoms with van der Waals surface area (Å²) in [6, 6.07) is 1.46. The minimum atomic E-state index is -1.06. The molecule has 0 unspecified atom stereocenters. The fraction of sp³-hybridized carbons (Fsp3) is 0.467. The van der Waals surface area contributed by atoms with E-state index in [1.54, 1.807) is 20.8 Å². The number of esters is 3. The maximum atomic E-state index is 11.6. The minimum absolute atomic E-state index is 0.0319. The van der Waals surface area contributed by atoms with E-state index in [-0.39, 0.29) is 25.6 Å². The molecule has 1 amide bonds. The Morgan fingerprint density at radius 3 is 2.27 bits per heavy atom. The number of rotatable bonds is 7. The van der Waals surface area contributed by atoms with Gasteiger partial charge in [0.25, 0.3) is 0 Å². The zero-order chi connectivity index (χ0) is 19.5. The number of carbonyl (C=O) groups excluding carboxylic acids is 4. The quantitative estimate of drug-likeness (QED) is 0.176. The molecule has 0 aliphatic carbocycles. The first-order valence-electron chi connectivity index (χ1n) is 7.67. The van der Waals surface area contributed by atoms with Crippen LogP contribution in [0.25, 0.3) is 0 Å². The molecule has 26 heavy (non-hydrogen) atoms. The van der Waals surface area contributed by atoms with Crippen LogP contribution in [0.15, 0.2) is 11.1 Å². The summed E-state index contributed by atoms with van der Waals surface area (Å²) < 4.78 is 13.8. The summed E-state index contributed by atoms with van der Waals surface area (Å²) in [5.74, 6) is -3.23. The number of hydrogen-bond donors (Lipinski definition) is 1. The van der Waals surface area contributed by atoms with Gasteiger partial charge >= 0.3 is 23.8 Å². The van der Waals surface area contributed by atoms with Crippen LogP contribution >= 0.6 is 11.8 Å². The van der Waals surface area contributed by atoms with Crippen molar-refractivity contribution >= 4 is 41.4 Å². The SMILES string of the molecule is CCOC(=O)C(=O)Nc1cc(SCCOC(=O)C(=O)OCC)nc(C)n1. The first kappa shape index (κ1) is 21.4. The molecule has 0 saturated carbocycles. The second-order valence-corrected chi connectivity index (χ2v) is 5.63. The highest BCUT2D eigenvalue weighted by molar-refractivity contribution is 7.99. The number of nitrogens with one attached hydrogen (secondary N) is 1. The topological polar surface area (TPSA) is 134 Å². The number of aryl methyl sites for hydroxylation is 1. The number of amides is 1. The molecule has 0 saturated heterocycles. The van der Waals surface area contributed by atoms with Gasteiger partial charge in [0.1, 0.15) is 23.3 Å². The van der Waals surface area contributed by atoms with E-state index in [0.717, 1.165) is 0 Å². The molecule has 1 rings (SSSR count). The van der Waals surface area contributed by atoms with Gasteiger partial charge in [0.2, 0.25) is 0 Å². The lowest BCUT2D eigenvalue weighted by Crippen LogP contribution is -2.25. The summed E-state index contributed by atoms with van der Waals surface area (Å²) in [7, 11) is 0. The first-order chi connectivity index (χ1) is 12.4. The molecule has 0 aliphatic heterocycles. The normalized spacial score (nSPS) is 9.96. The van der Waals surface area contributed by atoms with Crippen molar-refractivity contribution in [1.29, 1.82) is 0 Å². The summed E-state index contributed by atoms with van der Waals surface area (Å²) in [4.78, 5) is 53.5. The van der Waals surface area contributed by atoms with E-state index in [4.69, 9.17) is 4.74 Å². The van der Waals surface area contributed by atoms with Crippen molar-refractivity contribution in [3.05, 3.63) is 11.9 Å². The van der Waals surface area contributed by atoms with Gasteiger partial charge in [-0.2, -0.15) is 0 Å². The van der Waals surface area contributed by atoms with Gasteiger partial charge in [-0.1, -0.05) is 0 Å². The van der Waals surface area contributed by atoms with Crippen LogP contribution in [0.3, 0.4) is 0 Å². The third-order valence-electron chi connectivity index (χ3n) is 2.53. The molecule has 0 fully saturated rings. The number of ether oxygens (including phenoxy) is 3. The fourth-order valence-electron chi connectivity index (χ4n) is 1.57. The standard InChI is InChI=1S/C15H19N3O7S/c1-4-23-13(20)12(19)18-10-8-11(17-9(3)16-10)26-7-6-25-15(22)14(21)24-5-2/h8H,4-7H2,1-3H3,(H,16,17,18,19). The number of hydrogen-bond acceptors (Lipinski definition) is 10. The molecule has 0 aliphatic rings. The summed E-state index contributed by atoms with van der Waals surface area (Å²) in [6.45, 7) is 4.92. The van der Waals surface area contributed by atoms with E-state index in [1.165, 1.54) is 17.8 Å². The van der Waals surface area contributed by atoms with E-state index >= 15 is 0 Å². The predicted octanol–water partition coefficient (Wildman–Crippen LogP) is 0.485. The second-order valence-electron chi connectivity index (χ2n) is 4.52. The maximum Gasteiger partial charge on any atom is 0.417 e. The molecular formula is C15H19N3O7S. The Labute approximate surface area is 154 Å². The number of thioether (sulfide) groups is 1.